The highest BCUT2D eigenvalue weighted by Gasteiger charge is 2.37. The number of ether oxygens (including phenoxy) is 2. The highest BCUT2D eigenvalue weighted by atomic mass is 35.5. The number of carbonyl (C=O) groups is 3. The lowest BCUT2D eigenvalue weighted by molar-refractivity contribution is -0.147. The maximum absolute atomic E-state index is 12.8. The van der Waals surface area contributed by atoms with Gasteiger partial charge in [-0.05, 0) is 38.0 Å². The van der Waals surface area contributed by atoms with E-state index in [0.717, 1.165) is 0 Å². The van der Waals surface area contributed by atoms with Crippen LogP contribution in [0.15, 0.2) is 18.2 Å². The molecule has 0 aromatic heterocycles. The Hall–Kier alpha value is -2.08. The Morgan fingerprint density at radius 3 is 2.52 bits per heavy atom. The van der Waals surface area contributed by atoms with Gasteiger partial charge in [0.15, 0.2) is 11.9 Å². The first-order chi connectivity index (χ1) is 11.7. The monoisotopic (exact) mass is 367 g/mol. The van der Waals surface area contributed by atoms with Gasteiger partial charge < -0.3 is 9.47 Å². The second-order valence-corrected chi connectivity index (χ2v) is 6.75. The van der Waals surface area contributed by atoms with Crippen molar-refractivity contribution in [3.8, 4) is 5.75 Å². The zero-order chi connectivity index (χ0) is 18.7. The molecule has 25 heavy (non-hydrogen) atoms. The van der Waals surface area contributed by atoms with Gasteiger partial charge >= 0.3 is 5.97 Å². The summed E-state index contributed by atoms with van der Waals surface area (Å²) in [5, 5.41) is 0. The van der Waals surface area contributed by atoms with E-state index in [1.165, 1.54) is 11.0 Å². The van der Waals surface area contributed by atoms with Gasteiger partial charge in [0, 0.05) is 5.56 Å². The summed E-state index contributed by atoms with van der Waals surface area (Å²) >= 11 is 5.61. The molecule has 0 saturated heterocycles. The standard InChI is InChI=1S/C18H22ClNO5/c1-10(2)17-18(23)20(9-16(22)24-11(3)4)13-7-12(14(21)8-19)5-6-15(13)25-17/h5-7,10-11,17H,8-9H2,1-4H3. The molecule has 1 amide bonds. The van der Waals surface area contributed by atoms with Crippen molar-refractivity contribution < 1.29 is 23.9 Å². The van der Waals surface area contributed by atoms with E-state index in [2.05, 4.69) is 0 Å². The van der Waals surface area contributed by atoms with Crippen LogP contribution in [-0.2, 0) is 14.3 Å². The normalized spacial score (nSPS) is 16.7. The lowest BCUT2D eigenvalue weighted by Crippen LogP contribution is -2.50. The second kappa shape index (κ2) is 7.87. The number of esters is 1. The molecule has 7 heteroatoms. The smallest absolute Gasteiger partial charge is 0.326 e. The van der Waals surface area contributed by atoms with Crippen LogP contribution in [0.4, 0.5) is 5.69 Å². The van der Waals surface area contributed by atoms with E-state index in [9.17, 15) is 14.4 Å². The molecule has 0 N–H and O–H groups in total. The summed E-state index contributed by atoms with van der Waals surface area (Å²) in [6.07, 6.45) is -0.984. The highest BCUT2D eigenvalue weighted by Crippen LogP contribution is 2.36. The number of amides is 1. The van der Waals surface area contributed by atoms with E-state index in [0.29, 0.717) is 17.0 Å². The third-order valence-electron chi connectivity index (χ3n) is 3.72. The van der Waals surface area contributed by atoms with Gasteiger partial charge in [-0.15, -0.1) is 11.6 Å². The van der Waals surface area contributed by atoms with Crippen molar-refractivity contribution in [2.24, 2.45) is 5.92 Å². The fraction of sp³-hybridized carbons (Fsp3) is 0.500. The second-order valence-electron chi connectivity index (χ2n) is 6.48. The number of anilines is 1. The number of alkyl halides is 1. The van der Waals surface area contributed by atoms with Gasteiger partial charge in [0.2, 0.25) is 0 Å². The van der Waals surface area contributed by atoms with E-state index < -0.39 is 12.1 Å². The van der Waals surface area contributed by atoms with Crippen LogP contribution in [0.3, 0.4) is 0 Å². The summed E-state index contributed by atoms with van der Waals surface area (Å²) in [6, 6.07) is 4.75. The molecule has 0 bridgehead atoms. The van der Waals surface area contributed by atoms with Crippen LogP contribution >= 0.6 is 11.6 Å². The van der Waals surface area contributed by atoms with Gasteiger partial charge in [-0.3, -0.25) is 19.3 Å². The fourth-order valence-corrected chi connectivity index (χ4v) is 2.71. The molecular formula is C18H22ClNO5. The summed E-state index contributed by atoms with van der Waals surface area (Å²) in [5.41, 5.74) is 0.731. The van der Waals surface area contributed by atoms with Crippen molar-refractivity contribution in [1.82, 2.24) is 0 Å². The third-order valence-corrected chi connectivity index (χ3v) is 3.96. The average molecular weight is 368 g/mol. The average Bonchev–Trinajstić information content (AvgIpc) is 2.55. The number of Topliss-reactive ketones (excluding diaryl/α,β-unsaturated/α-hetero) is 1. The zero-order valence-corrected chi connectivity index (χ0v) is 15.5. The van der Waals surface area contributed by atoms with Crippen LogP contribution in [0.25, 0.3) is 0 Å². The van der Waals surface area contributed by atoms with Crippen molar-refractivity contribution >= 4 is 34.9 Å². The Morgan fingerprint density at radius 1 is 1.28 bits per heavy atom. The van der Waals surface area contributed by atoms with Gasteiger partial charge in [0.05, 0.1) is 17.7 Å². The molecule has 0 saturated carbocycles. The number of carbonyl (C=O) groups excluding carboxylic acids is 3. The van der Waals surface area contributed by atoms with E-state index in [4.69, 9.17) is 21.1 Å². The van der Waals surface area contributed by atoms with Crippen molar-refractivity contribution in [2.75, 3.05) is 17.3 Å². The molecule has 2 rings (SSSR count). The number of nitrogens with zero attached hydrogens (tertiary/aromatic N) is 1. The Kier molecular flexibility index (Phi) is 6.06. The van der Waals surface area contributed by atoms with E-state index >= 15 is 0 Å². The molecule has 6 nitrogen and oxygen atoms in total. The van der Waals surface area contributed by atoms with Gasteiger partial charge in [0.25, 0.3) is 5.91 Å². The topological polar surface area (TPSA) is 72.9 Å². The number of rotatable bonds is 6. The molecular weight excluding hydrogens is 346 g/mol. The molecule has 1 aromatic rings. The summed E-state index contributed by atoms with van der Waals surface area (Å²) in [7, 11) is 0. The molecule has 1 aliphatic heterocycles. The van der Waals surface area contributed by atoms with Crippen LogP contribution in [0.2, 0.25) is 0 Å². The number of ketones is 1. The van der Waals surface area contributed by atoms with Crippen LogP contribution in [0.1, 0.15) is 38.1 Å². The molecule has 1 aliphatic rings. The first-order valence-electron chi connectivity index (χ1n) is 8.15. The molecule has 0 aliphatic carbocycles. The van der Waals surface area contributed by atoms with Crippen molar-refractivity contribution in [1.29, 1.82) is 0 Å². The predicted molar refractivity (Wildman–Crippen MR) is 94.3 cm³/mol. The van der Waals surface area contributed by atoms with Crippen LogP contribution < -0.4 is 9.64 Å². The minimum Gasteiger partial charge on any atom is -0.478 e. The molecule has 0 fully saturated rings. The maximum atomic E-state index is 12.8. The highest BCUT2D eigenvalue weighted by molar-refractivity contribution is 6.30. The van der Waals surface area contributed by atoms with Crippen LogP contribution in [0, 0.1) is 5.92 Å². The number of benzene rings is 1. The number of hydrogen-bond acceptors (Lipinski definition) is 5. The molecule has 1 unspecified atom stereocenters. The summed E-state index contributed by atoms with van der Waals surface area (Å²) in [5.74, 6) is -0.924. The predicted octanol–water partition coefficient (Wildman–Crippen LogP) is 2.81. The molecule has 1 aromatic carbocycles. The SMILES string of the molecule is CC(C)OC(=O)CN1C(=O)C(C(C)C)Oc2ccc(C(=O)CCl)cc21. The third kappa shape index (κ3) is 4.31. The van der Waals surface area contributed by atoms with Crippen molar-refractivity contribution in [3.63, 3.8) is 0 Å². The molecule has 0 spiro atoms. The summed E-state index contributed by atoms with van der Waals surface area (Å²) in [4.78, 5) is 38.0. The largest absolute Gasteiger partial charge is 0.478 e. The van der Waals surface area contributed by atoms with Gasteiger partial charge in [-0.25, -0.2) is 0 Å². The van der Waals surface area contributed by atoms with E-state index in [-0.39, 0.29) is 36.1 Å². The lowest BCUT2D eigenvalue weighted by Gasteiger charge is -2.35. The Balaban J connectivity index is 2.42. The Labute approximate surface area is 152 Å². The molecule has 1 atom stereocenters. The van der Waals surface area contributed by atoms with Gasteiger partial charge in [-0.2, -0.15) is 0 Å². The Morgan fingerprint density at radius 2 is 1.96 bits per heavy atom. The van der Waals surface area contributed by atoms with Crippen molar-refractivity contribution in [2.45, 2.75) is 39.9 Å². The van der Waals surface area contributed by atoms with Gasteiger partial charge in [-0.1, -0.05) is 13.8 Å². The summed E-state index contributed by atoms with van der Waals surface area (Å²) in [6.45, 7) is 6.96. The number of hydrogen-bond donors (Lipinski definition) is 0. The molecule has 0 radical (unpaired) electrons. The van der Waals surface area contributed by atoms with E-state index in [1.807, 2.05) is 13.8 Å². The van der Waals surface area contributed by atoms with Gasteiger partial charge in [0.1, 0.15) is 12.3 Å². The van der Waals surface area contributed by atoms with E-state index in [1.54, 1.807) is 26.0 Å². The summed E-state index contributed by atoms with van der Waals surface area (Å²) < 4.78 is 10.9. The fourth-order valence-electron chi connectivity index (χ4n) is 2.55. The number of halogens is 1. The first-order valence-corrected chi connectivity index (χ1v) is 8.68. The van der Waals surface area contributed by atoms with Crippen LogP contribution in [0.5, 0.6) is 5.75 Å². The zero-order valence-electron chi connectivity index (χ0n) is 14.7. The number of fused-ring (bicyclic) bond motifs is 1. The quantitative estimate of drug-likeness (QED) is 0.439. The Bertz CT molecular complexity index is 686. The minimum absolute atomic E-state index is 0.0755. The molecule has 1 heterocycles. The maximum Gasteiger partial charge on any atom is 0.326 e. The minimum atomic E-state index is -0.700. The molecule has 136 valence electrons. The lowest BCUT2D eigenvalue weighted by atomic mass is 10.0. The van der Waals surface area contributed by atoms with Crippen LogP contribution in [-0.4, -0.2) is 42.3 Å². The van der Waals surface area contributed by atoms with Crippen molar-refractivity contribution in [3.05, 3.63) is 23.8 Å². The first kappa shape index (κ1) is 19.2.